The number of halogens is 1. The summed E-state index contributed by atoms with van der Waals surface area (Å²) in [5, 5.41) is 0.919. The van der Waals surface area contributed by atoms with Gasteiger partial charge in [0.25, 0.3) is 0 Å². The number of hydrogen-bond acceptors (Lipinski definition) is 2. The lowest BCUT2D eigenvalue weighted by molar-refractivity contribution is 0.101. The van der Waals surface area contributed by atoms with Crippen LogP contribution in [0.3, 0.4) is 0 Å². The number of ketones is 1. The van der Waals surface area contributed by atoms with E-state index in [1.807, 2.05) is 38.1 Å². The number of furan rings is 1. The van der Waals surface area contributed by atoms with Gasteiger partial charge in [-0.05, 0) is 44.2 Å². The van der Waals surface area contributed by atoms with Crippen LogP contribution in [0.4, 0.5) is 0 Å². The van der Waals surface area contributed by atoms with Crippen molar-refractivity contribution in [1.29, 1.82) is 0 Å². The topological polar surface area (TPSA) is 46.0 Å². The van der Waals surface area contributed by atoms with E-state index in [4.69, 9.17) is 4.42 Å². The Morgan fingerprint density at radius 1 is 1.21 bits per heavy atom. The minimum Gasteiger partial charge on any atom is -0.453 e. The number of aromatic amines is 1. The van der Waals surface area contributed by atoms with Gasteiger partial charge in [-0.2, -0.15) is 0 Å². The molecule has 0 aliphatic rings. The largest absolute Gasteiger partial charge is 0.453 e. The summed E-state index contributed by atoms with van der Waals surface area (Å²) < 4.78 is 6.59. The fraction of sp³-hybridized carbons (Fsp3) is 0.133. The summed E-state index contributed by atoms with van der Waals surface area (Å²) in [4.78, 5) is 15.5. The van der Waals surface area contributed by atoms with Gasteiger partial charge in [0, 0.05) is 26.8 Å². The molecule has 2 aromatic heterocycles. The molecule has 0 saturated carbocycles. The standard InChI is InChI=1S/C15H12BrNO2/c1-8-5-12(9(2)17-8)15(18)14-7-10-6-11(16)3-4-13(10)19-14/h3-7,17H,1-2H3. The van der Waals surface area contributed by atoms with Gasteiger partial charge in [0.2, 0.25) is 5.78 Å². The van der Waals surface area contributed by atoms with Crippen LogP contribution in [-0.2, 0) is 0 Å². The van der Waals surface area contributed by atoms with Crippen molar-refractivity contribution in [3.63, 3.8) is 0 Å². The van der Waals surface area contributed by atoms with E-state index < -0.39 is 0 Å². The van der Waals surface area contributed by atoms with Crippen LogP contribution in [0.1, 0.15) is 27.5 Å². The Morgan fingerprint density at radius 3 is 2.68 bits per heavy atom. The first kappa shape index (κ1) is 12.2. The van der Waals surface area contributed by atoms with Crippen molar-refractivity contribution >= 4 is 32.7 Å². The number of rotatable bonds is 2. The Labute approximate surface area is 118 Å². The second-order valence-corrected chi connectivity index (χ2v) is 5.53. The molecule has 0 fully saturated rings. The highest BCUT2D eigenvalue weighted by molar-refractivity contribution is 9.10. The number of H-pyrrole nitrogens is 1. The van der Waals surface area contributed by atoms with Crippen LogP contribution in [0.2, 0.25) is 0 Å². The third-order valence-corrected chi connectivity index (χ3v) is 3.59. The van der Waals surface area contributed by atoms with E-state index in [2.05, 4.69) is 20.9 Å². The number of aromatic nitrogens is 1. The molecule has 1 N–H and O–H groups in total. The van der Waals surface area contributed by atoms with Gasteiger partial charge in [-0.25, -0.2) is 0 Å². The number of carbonyl (C=O) groups is 1. The van der Waals surface area contributed by atoms with Crippen molar-refractivity contribution in [2.45, 2.75) is 13.8 Å². The monoisotopic (exact) mass is 317 g/mol. The van der Waals surface area contributed by atoms with Crippen LogP contribution in [0, 0.1) is 13.8 Å². The molecule has 1 aromatic carbocycles. The third-order valence-electron chi connectivity index (χ3n) is 3.10. The minimum absolute atomic E-state index is 0.0887. The van der Waals surface area contributed by atoms with Gasteiger partial charge in [-0.15, -0.1) is 0 Å². The molecular formula is C15H12BrNO2. The van der Waals surface area contributed by atoms with Gasteiger partial charge in [0.1, 0.15) is 5.58 Å². The van der Waals surface area contributed by atoms with E-state index in [-0.39, 0.29) is 5.78 Å². The molecule has 0 radical (unpaired) electrons. The predicted molar refractivity (Wildman–Crippen MR) is 77.6 cm³/mol. The molecule has 96 valence electrons. The summed E-state index contributed by atoms with van der Waals surface area (Å²) in [6.07, 6.45) is 0. The predicted octanol–water partition coefficient (Wildman–Crippen LogP) is 4.37. The lowest BCUT2D eigenvalue weighted by Gasteiger charge is -1.94. The molecule has 19 heavy (non-hydrogen) atoms. The van der Waals surface area contributed by atoms with E-state index in [0.29, 0.717) is 11.3 Å². The fourth-order valence-corrected chi connectivity index (χ4v) is 2.60. The first-order valence-corrected chi connectivity index (χ1v) is 6.74. The molecule has 0 spiro atoms. The molecular weight excluding hydrogens is 306 g/mol. The van der Waals surface area contributed by atoms with Gasteiger partial charge in [-0.3, -0.25) is 4.79 Å². The van der Waals surface area contributed by atoms with Gasteiger partial charge >= 0.3 is 0 Å². The molecule has 0 aliphatic carbocycles. The molecule has 0 unspecified atom stereocenters. The first-order chi connectivity index (χ1) is 9.04. The van der Waals surface area contributed by atoms with E-state index in [0.717, 1.165) is 26.8 Å². The summed E-state index contributed by atoms with van der Waals surface area (Å²) in [5.74, 6) is 0.282. The van der Waals surface area contributed by atoms with Crippen LogP contribution >= 0.6 is 15.9 Å². The Hall–Kier alpha value is -1.81. The Kier molecular flexibility index (Phi) is 2.82. The van der Waals surface area contributed by atoms with Crippen LogP contribution < -0.4 is 0 Å². The number of aryl methyl sites for hydroxylation is 2. The lowest BCUT2D eigenvalue weighted by Crippen LogP contribution is -1.99. The zero-order chi connectivity index (χ0) is 13.6. The molecule has 3 nitrogen and oxygen atoms in total. The third kappa shape index (κ3) is 2.12. The summed E-state index contributed by atoms with van der Waals surface area (Å²) >= 11 is 3.41. The first-order valence-electron chi connectivity index (χ1n) is 5.94. The van der Waals surface area contributed by atoms with Gasteiger partial charge in [0.15, 0.2) is 5.76 Å². The summed E-state index contributed by atoms with van der Waals surface area (Å²) in [7, 11) is 0. The molecule has 0 atom stereocenters. The van der Waals surface area contributed by atoms with Crippen molar-refractivity contribution in [3.8, 4) is 0 Å². The van der Waals surface area contributed by atoms with Crippen LogP contribution in [0.25, 0.3) is 11.0 Å². The Bertz CT molecular complexity index is 783. The van der Waals surface area contributed by atoms with E-state index >= 15 is 0 Å². The number of fused-ring (bicyclic) bond motifs is 1. The van der Waals surface area contributed by atoms with Crippen molar-refractivity contribution < 1.29 is 9.21 Å². The van der Waals surface area contributed by atoms with Gasteiger partial charge in [-0.1, -0.05) is 15.9 Å². The fourth-order valence-electron chi connectivity index (χ4n) is 2.22. The number of benzene rings is 1. The lowest BCUT2D eigenvalue weighted by atomic mass is 10.1. The van der Waals surface area contributed by atoms with Crippen molar-refractivity contribution in [1.82, 2.24) is 4.98 Å². The van der Waals surface area contributed by atoms with E-state index in [9.17, 15) is 4.79 Å². The molecule has 3 aromatic rings. The van der Waals surface area contributed by atoms with Crippen molar-refractivity contribution in [2.24, 2.45) is 0 Å². The summed E-state index contributed by atoms with van der Waals surface area (Å²) in [6, 6.07) is 9.31. The Balaban J connectivity index is 2.09. The highest BCUT2D eigenvalue weighted by atomic mass is 79.9. The van der Waals surface area contributed by atoms with Crippen LogP contribution in [0.15, 0.2) is 39.2 Å². The molecule has 2 heterocycles. The van der Waals surface area contributed by atoms with Crippen LogP contribution in [-0.4, -0.2) is 10.8 Å². The highest BCUT2D eigenvalue weighted by Gasteiger charge is 2.18. The zero-order valence-electron chi connectivity index (χ0n) is 10.6. The maximum atomic E-state index is 12.4. The molecule has 0 saturated heterocycles. The smallest absolute Gasteiger partial charge is 0.230 e. The number of nitrogens with one attached hydrogen (secondary N) is 1. The summed E-state index contributed by atoms with van der Waals surface area (Å²) in [6.45, 7) is 3.82. The van der Waals surface area contributed by atoms with E-state index in [1.165, 1.54) is 0 Å². The van der Waals surface area contributed by atoms with Gasteiger partial charge in [0.05, 0.1) is 0 Å². The second-order valence-electron chi connectivity index (χ2n) is 4.61. The average molecular weight is 318 g/mol. The van der Waals surface area contributed by atoms with Crippen molar-refractivity contribution in [3.05, 3.63) is 57.5 Å². The van der Waals surface area contributed by atoms with Gasteiger partial charge < -0.3 is 9.40 Å². The van der Waals surface area contributed by atoms with Crippen LogP contribution in [0.5, 0.6) is 0 Å². The molecule has 0 amide bonds. The quantitative estimate of drug-likeness (QED) is 0.713. The molecule has 3 rings (SSSR count). The van der Waals surface area contributed by atoms with E-state index in [1.54, 1.807) is 6.07 Å². The number of hydrogen-bond donors (Lipinski definition) is 1. The normalized spacial score (nSPS) is 11.1. The zero-order valence-corrected chi connectivity index (χ0v) is 12.2. The molecule has 0 aliphatic heterocycles. The SMILES string of the molecule is Cc1cc(C(=O)c2cc3cc(Br)ccc3o2)c(C)[nH]1. The highest BCUT2D eigenvalue weighted by Crippen LogP contribution is 2.25. The summed E-state index contributed by atoms with van der Waals surface area (Å²) in [5.41, 5.74) is 3.22. The second kappa shape index (κ2) is 4.38. The Morgan fingerprint density at radius 2 is 2.00 bits per heavy atom. The minimum atomic E-state index is -0.0887. The molecule has 4 heteroatoms. The average Bonchev–Trinajstić information content (AvgIpc) is 2.91. The maximum absolute atomic E-state index is 12.4. The van der Waals surface area contributed by atoms with Crippen molar-refractivity contribution in [2.75, 3.05) is 0 Å². The maximum Gasteiger partial charge on any atom is 0.230 e. The molecule has 0 bridgehead atoms. The number of carbonyl (C=O) groups excluding carboxylic acids is 1.